The summed E-state index contributed by atoms with van der Waals surface area (Å²) in [5.74, 6) is 0. The minimum atomic E-state index is 0.561. The molecule has 0 aliphatic carbocycles. The number of rotatable bonds is 9. The standard InChI is InChI=1S/C9H19NO2S/c1-2-5-11-7-8-12-6-3-4-9(10)13/h2-8H2,1H3,(H2,10,13). The predicted molar refractivity (Wildman–Crippen MR) is 57.9 cm³/mol. The zero-order valence-electron chi connectivity index (χ0n) is 8.25. The average Bonchev–Trinajstić information content (AvgIpc) is 2.09. The highest BCUT2D eigenvalue weighted by Crippen LogP contribution is 1.90. The maximum Gasteiger partial charge on any atom is 0.0728 e. The highest BCUT2D eigenvalue weighted by molar-refractivity contribution is 7.80. The van der Waals surface area contributed by atoms with E-state index in [0.29, 0.717) is 24.8 Å². The Kier molecular flexibility index (Phi) is 9.75. The molecular formula is C9H19NO2S. The Morgan fingerprint density at radius 2 is 1.77 bits per heavy atom. The monoisotopic (exact) mass is 205 g/mol. The Morgan fingerprint density at radius 3 is 2.31 bits per heavy atom. The van der Waals surface area contributed by atoms with Gasteiger partial charge in [-0.25, -0.2) is 0 Å². The average molecular weight is 205 g/mol. The fourth-order valence-corrected chi connectivity index (χ4v) is 0.959. The molecule has 0 saturated carbocycles. The molecule has 0 atom stereocenters. The second-order valence-corrected chi connectivity index (χ2v) is 3.32. The maximum absolute atomic E-state index is 5.32. The zero-order chi connectivity index (χ0) is 9.94. The van der Waals surface area contributed by atoms with Crippen molar-refractivity contribution in [1.82, 2.24) is 0 Å². The Bertz CT molecular complexity index is 131. The summed E-state index contributed by atoms with van der Waals surface area (Å²) in [5, 5.41) is 0. The smallest absolute Gasteiger partial charge is 0.0728 e. The van der Waals surface area contributed by atoms with Crippen LogP contribution >= 0.6 is 12.2 Å². The van der Waals surface area contributed by atoms with Gasteiger partial charge in [-0.15, -0.1) is 0 Å². The molecule has 0 aromatic carbocycles. The molecule has 0 bridgehead atoms. The molecule has 0 fully saturated rings. The zero-order valence-corrected chi connectivity index (χ0v) is 9.07. The first-order valence-electron chi connectivity index (χ1n) is 4.71. The van der Waals surface area contributed by atoms with Crippen LogP contribution in [-0.4, -0.2) is 31.4 Å². The molecule has 0 spiro atoms. The van der Waals surface area contributed by atoms with Crippen LogP contribution in [0.4, 0.5) is 0 Å². The summed E-state index contributed by atoms with van der Waals surface area (Å²) < 4.78 is 10.5. The molecule has 0 radical (unpaired) electrons. The van der Waals surface area contributed by atoms with Crippen molar-refractivity contribution < 1.29 is 9.47 Å². The molecule has 0 aliphatic heterocycles. The lowest BCUT2D eigenvalue weighted by Gasteiger charge is -2.04. The Hall–Kier alpha value is -0.190. The first-order chi connectivity index (χ1) is 6.27. The molecular weight excluding hydrogens is 186 g/mol. The third-order valence-electron chi connectivity index (χ3n) is 1.43. The van der Waals surface area contributed by atoms with Crippen LogP contribution in [0.15, 0.2) is 0 Å². The summed E-state index contributed by atoms with van der Waals surface area (Å²) in [4.78, 5) is 0.561. The van der Waals surface area contributed by atoms with Gasteiger partial charge in [-0.1, -0.05) is 19.1 Å². The number of hydrogen-bond acceptors (Lipinski definition) is 3. The Labute approximate surface area is 85.6 Å². The fourth-order valence-electron chi connectivity index (χ4n) is 0.815. The van der Waals surface area contributed by atoms with Crippen molar-refractivity contribution in [1.29, 1.82) is 0 Å². The van der Waals surface area contributed by atoms with Crippen molar-refractivity contribution in [3.8, 4) is 0 Å². The van der Waals surface area contributed by atoms with Gasteiger partial charge in [-0.3, -0.25) is 0 Å². The molecule has 0 aliphatic rings. The van der Waals surface area contributed by atoms with Crippen molar-refractivity contribution in [3.63, 3.8) is 0 Å². The predicted octanol–water partition coefficient (Wildman–Crippen LogP) is 1.50. The van der Waals surface area contributed by atoms with E-state index in [4.69, 9.17) is 27.4 Å². The van der Waals surface area contributed by atoms with Gasteiger partial charge in [-0.2, -0.15) is 0 Å². The maximum atomic E-state index is 5.32. The quantitative estimate of drug-likeness (QED) is 0.457. The van der Waals surface area contributed by atoms with Crippen molar-refractivity contribution in [3.05, 3.63) is 0 Å². The molecule has 78 valence electrons. The van der Waals surface area contributed by atoms with E-state index in [1.165, 1.54) is 0 Å². The molecule has 0 saturated heterocycles. The van der Waals surface area contributed by atoms with Gasteiger partial charge >= 0.3 is 0 Å². The summed E-state index contributed by atoms with van der Waals surface area (Å²) in [6.45, 7) is 4.96. The molecule has 0 amide bonds. The minimum absolute atomic E-state index is 0.561. The number of thiocarbonyl (C=S) groups is 1. The molecule has 0 aromatic heterocycles. The topological polar surface area (TPSA) is 44.5 Å². The third kappa shape index (κ3) is 11.8. The van der Waals surface area contributed by atoms with Crippen LogP contribution in [-0.2, 0) is 9.47 Å². The van der Waals surface area contributed by atoms with Crippen molar-refractivity contribution in [2.75, 3.05) is 26.4 Å². The van der Waals surface area contributed by atoms with Gasteiger partial charge in [0.25, 0.3) is 0 Å². The van der Waals surface area contributed by atoms with Crippen LogP contribution in [0.1, 0.15) is 26.2 Å². The van der Waals surface area contributed by atoms with Gasteiger partial charge in [-0.05, 0) is 19.3 Å². The van der Waals surface area contributed by atoms with Crippen LogP contribution in [0.3, 0.4) is 0 Å². The normalized spacial score (nSPS) is 10.2. The van der Waals surface area contributed by atoms with Crippen LogP contribution in [0.25, 0.3) is 0 Å². The number of hydrogen-bond donors (Lipinski definition) is 1. The molecule has 4 heteroatoms. The van der Waals surface area contributed by atoms with E-state index >= 15 is 0 Å². The van der Waals surface area contributed by atoms with Crippen molar-refractivity contribution in [2.24, 2.45) is 5.73 Å². The van der Waals surface area contributed by atoms with E-state index in [1.807, 2.05) is 0 Å². The van der Waals surface area contributed by atoms with Crippen LogP contribution in [0.5, 0.6) is 0 Å². The molecule has 0 heterocycles. The molecule has 0 rings (SSSR count). The molecule has 2 N–H and O–H groups in total. The van der Waals surface area contributed by atoms with Gasteiger partial charge in [0, 0.05) is 13.2 Å². The fraction of sp³-hybridized carbons (Fsp3) is 0.889. The van der Waals surface area contributed by atoms with Crippen LogP contribution < -0.4 is 5.73 Å². The van der Waals surface area contributed by atoms with Crippen LogP contribution in [0, 0.1) is 0 Å². The van der Waals surface area contributed by atoms with Gasteiger partial charge in [0.2, 0.25) is 0 Å². The van der Waals surface area contributed by atoms with Crippen molar-refractivity contribution >= 4 is 17.2 Å². The first kappa shape index (κ1) is 12.8. The molecule has 0 unspecified atom stereocenters. The minimum Gasteiger partial charge on any atom is -0.393 e. The number of nitrogens with two attached hydrogens (primary N) is 1. The summed E-state index contributed by atoms with van der Waals surface area (Å²) in [5.41, 5.74) is 5.32. The second kappa shape index (κ2) is 9.89. The van der Waals surface area contributed by atoms with E-state index in [2.05, 4.69) is 6.92 Å². The summed E-state index contributed by atoms with van der Waals surface area (Å²) in [6, 6.07) is 0. The summed E-state index contributed by atoms with van der Waals surface area (Å²) in [7, 11) is 0. The van der Waals surface area contributed by atoms with Gasteiger partial charge in [0.15, 0.2) is 0 Å². The largest absolute Gasteiger partial charge is 0.393 e. The highest BCUT2D eigenvalue weighted by Gasteiger charge is 1.91. The van der Waals surface area contributed by atoms with E-state index < -0.39 is 0 Å². The highest BCUT2D eigenvalue weighted by atomic mass is 32.1. The van der Waals surface area contributed by atoms with Gasteiger partial charge < -0.3 is 15.2 Å². The lowest BCUT2D eigenvalue weighted by molar-refractivity contribution is 0.0476. The SMILES string of the molecule is CCCOCCOCCCC(N)=S. The van der Waals surface area contributed by atoms with Gasteiger partial charge in [0.1, 0.15) is 0 Å². The molecule has 3 nitrogen and oxygen atoms in total. The van der Waals surface area contributed by atoms with Crippen LogP contribution in [0.2, 0.25) is 0 Å². The lowest BCUT2D eigenvalue weighted by atomic mass is 10.3. The Morgan fingerprint density at radius 1 is 1.15 bits per heavy atom. The molecule has 0 aromatic rings. The van der Waals surface area contributed by atoms with Gasteiger partial charge in [0.05, 0.1) is 18.2 Å². The number of ether oxygens (including phenoxy) is 2. The second-order valence-electron chi connectivity index (χ2n) is 2.79. The molecule has 13 heavy (non-hydrogen) atoms. The summed E-state index contributed by atoms with van der Waals surface area (Å²) >= 11 is 4.73. The van der Waals surface area contributed by atoms with E-state index in [1.54, 1.807) is 0 Å². The third-order valence-corrected chi connectivity index (χ3v) is 1.64. The van der Waals surface area contributed by atoms with E-state index in [9.17, 15) is 0 Å². The Balaban J connectivity index is 2.87. The van der Waals surface area contributed by atoms with E-state index in [0.717, 1.165) is 25.9 Å². The first-order valence-corrected chi connectivity index (χ1v) is 5.12. The lowest BCUT2D eigenvalue weighted by Crippen LogP contribution is -2.10. The van der Waals surface area contributed by atoms with E-state index in [-0.39, 0.29) is 0 Å². The van der Waals surface area contributed by atoms with Crippen molar-refractivity contribution in [2.45, 2.75) is 26.2 Å². The summed E-state index contributed by atoms with van der Waals surface area (Å²) in [6.07, 6.45) is 2.73.